The van der Waals surface area contributed by atoms with Gasteiger partial charge in [-0.1, -0.05) is 60.7 Å². The molecule has 1 atom stereocenters. The fourth-order valence-electron chi connectivity index (χ4n) is 3.50. The van der Waals surface area contributed by atoms with Gasteiger partial charge in [0.15, 0.2) is 0 Å². The SMILES string of the molecule is O=C(O)c1ccc(N/N=C2\C=C(c3ccccc3)C(O)(c3ccccc3)C2)cc1. The Morgan fingerprint density at radius 3 is 2.14 bits per heavy atom. The van der Waals surface area contributed by atoms with E-state index < -0.39 is 11.6 Å². The summed E-state index contributed by atoms with van der Waals surface area (Å²) in [5, 5.41) is 25.0. The maximum Gasteiger partial charge on any atom is 0.335 e. The predicted molar refractivity (Wildman–Crippen MR) is 114 cm³/mol. The van der Waals surface area contributed by atoms with E-state index in [0.29, 0.717) is 17.8 Å². The molecular weight excluding hydrogens is 364 g/mol. The molecule has 0 aliphatic heterocycles. The molecule has 0 fully saturated rings. The van der Waals surface area contributed by atoms with Gasteiger partial charge in [-0.05, 0) is 47.0 Å². The average molecular weight is 384 g/mol. The normalized spacial score (nSPS) is 19.8. The van der Waals surface area contributed by atoms with E-state index in [4.69, 9.17) is 5.11 Å². The molecule has 1 unspecified atom stereocenters. The fraction of sp³-hybridized carbons (Fsp3) is 0.0833. The number of aliphatic hydroxyl groups is 1. The zero-order valence-electron chi connectivity index (χ0n) is 15.6. The first-order valence-corrected chi connectivity index (χ1v) is 9.28. The summed E-state index contributed by atoms with van der Waals surface area (Å²) in [6, 6.07) is 25.7. The van der Waals surface area contributed by atoms with Crippen LogP contribution in [0.1, 0.15) is 27.9 Å². The van der Waals surface area contributed by atoms with Crippen LogP contribution in [0.5, 0.6) is 0 Å². The second-order valence-electron chi connectivity index (χ2n) is 6.92. The fourth-order valence-corrected chi connectivity index (χ4v) is 3.50. The molecule has 3 N–H and O–H groups in total. The Balaban J connectivity index is 1.66. The van der Waals surface area contributed by atoms with Crippen molar-refractivity contribution in [1.29, 1.82) is 0 Å². The summed E-state index contributed by atoms with van der Waals surface area (Å²) in [7, 11) is 0. The van der Waals surface area contributed by atoms with E-state index in [1.165, 1.54) is 12.1 Å². The van der Waals surface area contributed by atoms with Gasteiger partial charge in [-0.25, -0.2) is 4.79 Å². The molecule has 0 bridgehead atoms. The van der Waals surface area contributed by atoms with E-state index in [9.17, 15) is 9.90 Å². The van der Waals surface area contributed by atoms with Crippen LogP contribution in [0, 0.1) is 0 Å². The standard InChI is InChI=1S/C24H20N2O3/c27-23(28)18-11-13-20(14-12-18)25-26-21-15-22(17-7-3-1-4-8-17)24(29,16-21)19-9-5-2-6-10-19/h1-15,25,29H,16H2,(H,27,28)/b26-21+. The number of nitrogens with one attached hydrogen (secondary N) is 1. The molecule has 144 valence electrons. The van der Waals surface area contributed by atoms with E-state index in [1.807, 2.05) is 66.7 Å². The van der Waals surface area contributed by atoms with Crippen molar-refractivity contribution in [3.05, 3.63) is 108 Å². The van der Waals surface area contributed by atoms with Crippen LogP contribution in [0.25, 0.3) is 5.57 Å². The third-order valence-corrected chi connectivity index (χ3v) is 4.99. The van der Waals surface area contributed by atoms with Gasteiger partial charge in [-0.15, -0.1) is 0 Å². The molecule has 1 aliphatic carbocycles. The lowest BCUT2D eigenvalue weighted by Gasteiger charge is -2.27. The smallest absolute Gasteiger partial charge is 0.335 e. The minimum atomic E-state index is -1.17. The first-order chi connectivity index (χ1) is 14.1. The highest BCUT2D eigenvalue weighted by atomic mass is 16.4. The second kappa shape index (κ2) is 7.73. The number of anilines is 1. The van der Waals surface area contributed by atoms with Crippen molar-refractivity contribution < 1.29 is 15.0 Å². The van der Waals surface area contributed by atoms with Gasteiger partial charge >= 0.3 is 5.97 Å². The van der Waals surface area contributed by atoms with Crippen LogP contribution in [-0.2, 0) is 5.60 Å². The molecular formula is C24H20N2O3. The average Bonchev–Trinajstić information content (AvgIpc) is 3.11. The van der Waals surface area contributed by atoms with Crippen molar-refractivity contribution in [2.24, 2.45) is 5.10 Å². The van der Waals surface area contributed by atoms with E-state index in [-0.39, 0.29) is 5.56 Å². The molecule has 1 aliphatic rings. The van der Waals surface area contributed by atoms with Gasteiger partial charge in [0.2, 0.25) is 0 Å². The van der Waals surface area contributed by atoms with Crippen LogP contribution in [0.15, 0.2) is 96.1 Å². The number of carboxylic acids is 1. The zero-order valence-corrected chi connectivity index (χ0v) is 15.6. The Labute approximate surface area is 168 Å². The molecule has 3 aromatic carbocycles. The van der Waals surface area contributed by atoms with Gasteiger partial charge in [0.05, 0.1) is 17.0 Å². The first-order valence-electron chi connectivity index (χ1n) is 9.28. The van der Waals surface area contributed by atoms with Gasteiger partial charge in [0.25, 0.3) is 0 Å². The topological polar surface area (TPSA) is 81.9 Å². The summed E-state index contributed by atoms with van der Waals surface area (Å²) in [5.74, 6) is -0.970. The van der Waals surface area contributed by atoms with Crippen molar-refractivity contribution in [2.45, 2.75) is 12.0 Å². The second-order valence-corrected chi connectivity index (χ2v) is 6.92. The zero-order chi connectivity index (χ0) is 20.3. The number of hydrogen-bond donors (Lipinski definition) is 3. The summed E-state index contributed by atoms with van der Waals surface area (Å²) in [6.07, 6.45) is 2.24. The van der Waals surface area contributed by atoms with Gasteiger partial charge in [0, 0.05) is 6.42 Å². The molecule has 5 heteroatoms. The van der Waals surface area contributed by atoms with Gasteiger partial charge < -0.3 is 10.2 Å². The lowest BCUT2D eigenvalue weighted by molar-refractivity contribution is 0.0697. The molecule has 5 nitrogen and oxygen atoms in total. The third-order valence-electron chi connectivity index (χ3n) is 4.99. The third kappa shape index (κ3) is 3.81. The lowest BCUT2D eigenvalue weighted by atomic mass is 9.84. The van der Waals surface area contributed by atoms with Crippen molar-refractivity contribution >= 4 is 22.9 Å². The van der Waals surface area contributed by atoms with Crippen molar-refractivity contribution in [2.75, 3.05) is 5.43 Å². The maximum absolute atomic E-state index is 11.6. The first kappa shape index (κ1) is 18.7. The Morgan fingerprint density at radius 1 is 0.897 bits per heavy atom. The van der Waals surface area contributed by atoms with Gasteiger partial charge in [-0.2, -0.15) is 5.10 Å². The van der Waals surface area contributed by atoms with E-state index >= 15 is 0 Å². The number of nitrogens with zero attached hydrogens (tertiary/aromatic N) is 1. The van der Waals surface area contributed by atoms with Crippen molar-refractivity contribution in [3.8, 4) is 0 Å². The maximum atomic E-state index is 11.6. The minimum absolute atomic E-state index is 0.216. The summed E-state index contributed by atoms with van der Waals surface area (Å²) in [5.41, 5.74) is 5.93. The molecule has 0 saturated heterocycles. The minimum Gasteiger partial charge on any atom is -0.478 e. The number of hydrogen-bond acceptors (Lipinski definition) is 4. The summed E-state index contributed by atoms with van der Waals surface area (Å²) in [4.78, 5) is 11.0. The number of carboxylic acid groups (broad SMARTS) is 1. The molecule has 0 heterocycles. The molecule has 0 amide bonds. The van der Waals surface area contributed by atoms with Crippen LogP contribution < -0.4 is 5.43 Å². The number of aromatic carboxylic acids is 1. The Morgan fingerprint density at radius 2 is 1.52 bits per heavy atom. The van der Waals surface area contributed by atoms with Crippen LogP contribution in [0.4, 0.5) is 5.69 Å². The summed E-state index contributed by atoms with van der Waals surface area (Å²) in [6.45, 7) is 0. The number of carbonyl (C=O) groups is 1. The van der Waals surface area contributed by atoms with Crippen molar-refractivity contribution in [1.82, 2.24) is 0 Å². The molecule has 0 aromatic heterocycles. The van der Waals surface area contributed by atoms with Gasteiger partial charge in [-0.3, -0.25) is 5.43 Å². The number of benzene rings is 3. The van der Waals surface area contributed by atoms with Crippen molar-refractivity contribution in [3.63, 3.8) is 0 Å². The predicted octanol–water partition coefficient (Wildman–Crippen LogP) is 4.53. The van der Waals surface area contributed by atoms with Crippen LogP contribution in [-0.4, -0.2) is 21.9 Å². The molecule has 3 aromatic rings. The Bertz CT molecular complexity index is 1070. The highest BCUT2D eigenvalue weighted by Gasteiger charge is 2.40. The largest absolute Gasteiger partial charge is 0.478 e. The highest BCUT2D eigenvalue weighted by Crippen LogP contribution is 2.43. The Hall–Kier alpha value is -3.70. The van der Waals surface area contributed by atoms with Crippen LogP contribution in [0.2, 0.25) is 0 Å². The monoisotopic (exact) mass is 384 g/mol. The van der Waals surface area contributed by atoms with E-state index in [2.05, 4.69) is 10.5 Å². The molecule has 0 spiro atoms. The molecule has 0 radical (unpaired) electrons. The number of hydrazone groups is 1. The Kier molecular flexibility index (Phi) is 4.97. The summed E-state index contributed by atoms with van der Waals surface area (Å²) >= 11 is 0. The molecule has 29 heavy (non-hydrogen) atoms. The highest BCUT2D eigenvalue weighted by molar-refractivity contribution is 6.08. The number of allylic oxidation sites excluding steroid dienone is 1. The van der Waals surface area contributed by atoms with Crippen LogP contribution in [0.3, 0.4) is 0 Å². The quantitative estimate of drug-likeness (QED) is 0.565. The number of rotatable bonds is 5. The van der Waals surface area contributed by atoms with Crippen LogP contribution >= 0.6 is 0 Å². The van der Waals surface area contributed by atoms with E-state index in [1.54, 1.807) is 12.1 Å². The van der Waals surface area contributed by atoms with Gasteiger partial charge in [0.1, 0.15) is 5.60 Å². The molecule has 0 saturated carbocycles. The summed E-state index contributed by atoms with van der Waals surface area (Å²) < 4.78 is 0. The lowest BCUT2D eigenvalue weighted by Crippen LogP contribution is -2.25. The molecule has 4 rings (SSSR count). The van der Waals surface area contributed by atoms with E-state index in [0.717, 1.165) is 16.7 Å².